The number of nitrogens with zero attached hydrogens (tertiary/aromatic N) is 2. The number of hydrogen-bond acceptors (Lipinski definition) is 4. The van der Waals surface area contributed by atoms with Gasteiger partial charge in [-0.2, -0.15) is 0 Å². The van der Waals surface area contributed by atoms with Crippen LogP contribution >= 0.6 is 0 Å². The number of carbonyl (C=O) groups is 2. The highest BCUT2D eigenvalue weighted by Gasteiger charge is 2.27. The summed E-state index contributed by atoms with van der Waals surface area (Å²) >= 11 is 0. The molecule has 2 amide bonds. The largest absolute Gasteiger partial charge is 0.367 e. The molecule has 0 bridgehead atoms. The van der Waals surface area contributed by atoms with Crippen LogP contribution in [0.15, 0.2) is 72.8 Å². The number of anilines is 4. The fourth-order valence-corrected chi connectivity index (χ4v) is 8.40. The maximum Gasteiger partial charge on any atom is 0.224 e. The van der Waals surface area contributed by atoms with E-state index in [0.29, 0.717) is 19.4 Å². The minimum atomic E-state index is -0.826. The lowest BCUT2D eigenvalue weighted by Gasteiger charge is -2.23. The molecule has 0 atom stereocenters. The van der Waals surface area contributed by atoms with Crippen molar-refractivity contribution in [2.45, 2.75) is 108 Å². The first-order valence-electron chi connectivity index (χ1n) is 20.5. The van der Waals surface area contributed by atoms with Crippen molar-refractivity contribution < 1.29 is 18.4 Å². The maximum atomic E-state index is 13.5. The van der Waals surface area contributed by atoms with E-state index in [0.717, 1.165) is 71.8 Å². The average molecular weight is 787 g/mol. The molecular formula is C50H60F2N4O2. The van der Waals surface area contributed by atoms with Crippen LogP contribution in [0.5, 0.6) is 0 Å². The Morgan fingerprint density at radius 1 is 0.586 bits per heavy atom. The molecule has 5 aromatic rings. The van der Waals surface area contributed by atoms with Gasteiger partial charge in [-0.05, 0) is 137 Å². The van der Waals surface area contributed by atoms with Gasteiger partial charge in [-0.1, -0.05) is 84.0 Å². The Morgan fingerprint density at radius 2 is 1.03 bits per heavy atom. The van der Waals surface area contributed by atoms with E-state index >= 15 is 0 Å². The second kappa shape index (κ2) is 16.9. The standard InChI is InChI=1S/C27H32N2O.C23H28F2N2O/c1-18-14-24-23(19(2)26(18)28-25(30)16-27(3,4)5)12-13-29(24)17-20-10-11-21-8-6-7-9-22(21)15-20;1-14-10-20-17(15(2)22(14)26-21(28)12-23(3,4)5)8-9-27(20)13-16-6-7-18(24)19(25)11-16/h6-11,14-15H,12-13,16-17H2,1-5H3,(H,28,30);6-7,10-11H,8-9,12-13H2,1-5H3,(H,26,28). The van der Waals surface area contributed by atoms with Crippen molar-refractivity contribution in [3.05, 3.63) is 129 Å². The molecule has 0 aliphatic carbocycles. The summed E-state index contributed by atoms with van der Waals surface area (Å²) < 4.78 is 26.7. The van der Waals surface area contributed by atoms with E-state index in [1.807, 2.05) is 34.6 Å². The lowest BCUT2D eigenvalue weighted by atomic mass is 9.91. The molecule has 0 saturated heterocycles. The highest BCUT2D eigenvalue weighted by molar-refractivity contribution is 5.94. The van der Waals surface area contributed by atoms with E-state index in [1.165, 1.54) is 50.8 Å². The summed E-state index contributed by atoms with van der Waals surface area (Å²) in [5, 5.41) is 8.86. The quantitative estimate of drug-likeness (QED) is 0.164. The number of fused-ring (bicyclic) bond motifs is 3. The molecule has 0 radical (unpaired) electrons. The Morgan fingerprint density at radius 3 is 1.50 bits per heavy atom. The van der Waals surface area contributed by atoms with Gasteiger partial charge in [0, 0.05) is 61.8 Å². The summed E-state index contributed by atoms with van der Waals surface area (Å²) in [6, 6.07) is 23.7. The molecule has 2 N–H and O–H groups in total. The third kappa shape index (κ3) is 10.1. The number of hydrogen-bond donors (Lipinski definition) is 2. The molecule has 6 nitrogen and oxygen atoms in total. The van der Waals surface area contributed by atoms with E-state index in [2.05, 4.69) is 110 Å². The number of nitrogens with one attached hydrogen (secondary N) is 2. The zero-order chi connectivity index (χ0) is 42.1. The summed E-state index contributed by atoms with van der Waals surface area (Å²) in [6.45, 7) is 24.0. The molecule has 2 heterocycles. The van der Waals surface area contributed by atoms with Gasteiger partial charge in [0.25, 0.3) is 0 Å². The van der Waals surface area contributed by atoms with Crippen LogP contribution < -0.4 is 20.4 Å². The van der Waals surface area contributed by atoms with Gasteiger partial charge in [-0.25, -0.2) is 8.78 Å². The second-order valence-corrected chi connectivity index (χ2v) is 18.7. The minimum absolute atomic E-state index is 0.0146. The molecule has 0 fully saturated rings. The van der Waals surface area contributed by atoms with Crippen LogP contribution in [0, 0.1) is 50.2 Å². The first-order valence-corrected chi connectivity index (χ1v) is 20.5. The summed E-state index contributed by atoms with van der Waals surface area (Å²) in [7, 11) is 0. The molecule has 306 valence electrons. The van der Waals surface area contributed by atoms with Gasteiger partial charge in [0.1, 0.15) is 0 Å². The van der Waals surface area contributed by atoms with E-state index in [9.17, 15) is 18.4 Å². The second-order valence-electron chi connectivity index (χ2n) is 18.7. The molecule has 5 aromatic carbocycles. The Kier molecular flexibility index (Phi) is 12.4. The number of aryl methyl sites for hydroxylation is 2. The lowest BCUT2D eigenvalue weighted by Crippen LogP contribution is -2.21. The third-order valence-corrected chi connectivity index (χ3v) is 11.2. The predicted molar refractivity (Wildman–Crippen MR) is 237 cm³/mol. The number of rotatable bonds is 8. The van der Waals surface area contributed by atoms with Gasteiger partial charge in [-0.3, -0.25) is 9.59 Å². The first-order chi connectivity index (χ1) is 27.3. The Bertz CT molecular complexity index is 2350. The van der Waals surface area contributed by atoms with Gasteiger partial charge in [0.2, 0.25) is 11.8 Å². The molecule has 0 saturated carbocycles. The van der Waals surface area contributed by atoms with E-state index in [4.69, 9.17) is 0 Å². The van der Waals surface area contributed by atoms with Gasteiger partial charge in [0.15, 0.2) is 11.6 Å². The van der Waals surface area contributed by atoms with E-state index in [-0.39, 0.29) is 22.6 Å². The summed E-state index contributed by atoms with van der Waals surface area (Å²) in [6.07, 6.45) is 2.88. The summed E-state index contributed by atoms with van der Waals surface area (Å²) in [5.41, 5.74) is 13.3. The average Bonchev–Trinajstić information content (AvgIpc) is 3.72. The van der Waals surface area contributed by atoms with Crippen LogP contribution in [0.4, 0.5) is 31.5 Å². The highest BCUT2D eigenvalue weighted by atomic mass is 19.2. The Labute approximate surface area is 344 Å². The molecule has 0 spiro atoms. The first kappa shape index (κ1) is 42.4. The van der Waals surface area contributed by atoms with E-state index in [1.54, 1.807) is 6.07 Å². The van der Waals surface area contributed by atoms with Crippen LogP contribution in [0.25, 0.3) is 10.8 Å². The predicted octanol–water partition coefficient (Wildman–Crippen LogP) is 11.9. The van der Waals surface area contributed by atoms with Crippen molar-refractivity contribution in [1.29, 1.82) is 0 Å². The molecule has 7 rings (SSSR count). The number of amides is 2. The number of benzene rings is 5. The molecular weight excluding hydrogens is 727 g/mol. The number of carbonyl (C=O) groups excluding carboxylic acids is 2. The molecule has 0 unspecified atom stereocenters. The zero-order valence-electron chi connectivity index (χ0n) is 36.1. The smallest absolute Gasteiger partial charge is 0.224 e. The molecule has 2 aliphatic heterocycles. The Balaban J connectivity index is 0.000000196. The van der Waals surface area contributed by atoms with Crippen molar-refractivity contribution in [2.24, 2.45) is 10.8 Å². The van der Waals surface area contributed by atoms with Crippen molar-refractivity contribution in [2.75, 3.05) is 33.5 Å². The fraction of sp³-hybridized carbons (Fsp3) is 0.400. The highest BCUT2D eigenvalue weighted by Crippen LogP contribution is 2.40. The molecule has 2 aliphatic rings. The maximum absolute atomic E-state index is 13.5. The van der Waals surface area contributed by atoms with E-state index < -0.39 is 11.6 Å². The van der Waals surface area contributed by atoms with Gasteiger partial charge < -0.3 is 20.4 Å². The fourth-order valence-electron chi connectivity index (χ4n) is 8.40. The van der Waals surface area contributed by atoms with Crippen molar-refractivity contribution in [3.8, 4) is 0 Å². The van der Waals surface area contributed by atoms with Gasteiger partial charge in [0.05, 0.1) is 0 Å². The molecule has 58 heavy (non-hydrogen) atoms. The van der Waals surface area contributed by atoms with Crippen LogP contribution in [0.2, 0.25) is 0 Å². The SMILES string of the molecule is Cc1cc2c(c(C)c1NC(=O)CC(C)(C)C)CCN2Cc1ccc(F)c(F)c1.Cc1cc2c(c(C)c1NC(=O)CC(C)(C)C)CCN2Cc1ccc2ccccc2c1. The van der Waals surface area contributed by atoms with Crippen molar-refractivity contribution in [3.63, 3.8) is 0 Å². The van der Waals surface area contributed by atoms with Gasteiger partial charge in [-0.15, -0.1) is 0 Å². The van der Waals surface area contributed by atoms with Crippen LogP contribution in [0.3, 0.4) is 0 Å². The molecule has 8 heteroatoms. The van der Waals surface area contributed by atoms with Gasteiger partial charge >= 0.3 is 0 Å². The topological polar surface area (TPSA) is 64.7 Å². The Hall–Kier alpha value is -5.24. The van der Waals surface area contributed by atoms with Crippen molar-refractivity contribution >= 4 is 45.3 Å². The third-order valence-electron chi connectivity index (χ3n) is 11.2. The normalized spacial score (nSPS) is 13.6. The van der Waals surface area contributed by atoms with Crippen molar-refractivity contribution in [1.82, 2.24) is 0 Å². The summed E-state index contributed by atoms with van der Waals surface area (Å²) in [4.78, 5) is 29.6. The van der Waals surface area contributed by atoms with Crippen LogP contribution in [-0.4, -0.2) is 24.9 Å². The van der Waals surface area contributed by atoms with Crippen LogP contribution in [0.1, 0.15) is 98.9 Å². The monoisotopic (exact) mass is 786 g/mol. The molecule has 0 aromatic heterocycles. The zero-order valence-corrected chi connectivity index (χ0v) is 36.1. The lowest BCUT2D eigenvalue weighted by molar-refractivity contribution is -0.118. The number of halogens is 2. The van der Waals surface area contributed by atoms with Crippen LogP contribution in [-0.2, 0) is 35.5 Å². The summed E-state index contributed by atoms with van der Waals surface area (Å²) in [5.74, 6) is -1.52. The minimum Gasteiger partial charge on any atom is -0.367 e.